The van der Waals surface area contributed by atoms with E-state index >= 15 is 0 Å². The fourth-order valence-corrected chi connectivity index (χ4v) is 2.62. The average molecular weight is 293 g/mol. The van der Waals surface area contributed by atoms with Gasteiger partial charge in [0.2, 0.25) is 0 Å². The Morgan fingerprint density at radius 2 is 2.10 bits per heavy atom. The van der Waals surface area contributed by atoms with Gasteiger partial charge in [0.05, 0.1) is 23.7 Å². The number of halogens is 1. The van der Waals surface area contributed by atoms with Crippen LogP contribution >= 0.6 is 11.6 Å². The van der Waals surface area contributed by atoms with Gasteiger partial charge >= 0.3 is 0 Å². The Hall–Kier alpha value is -1.43. The van der Waals surface area contributed by atoms with Crippen molar-refractivity contribution in [2.45, 2.75) is 25.5 Å². The number of piperidine rings is 1. The number of rotatable bonds is 3. The summed E-state index contributed by atoms with van der Waals surface area (Å²) in [5.74, 6) is 0. The molecule has 1 aliphatic heterocycles. The molecule has 0 bridgehead atoms. The molecule has 0 amide bonds. The molecule has 2 aromatic rings. The standard InChI is InChI=1S/C14H17ClN4O/c15-11-3-5-13(6-4-11)19-9-12(16-17-19)8-18-7-1-2-14(20)10-18/h3-6,9,14,20H,1-2,7-8,10H2. The zero-order valence-electron chi connectivity index (χ0n) is 11.1. The predicted octanol–water partition coefficient (Wildman–Crippen LogP) is 1.88. The minimum Gasteiger partial charge on any atom is -0.392 e. The maximum absolute atomic E-state index is 9.67. The van der Waals surface area contributed by atoms with Gasteiger partial charge < -0.3 is 5.11 Å². The Morgan fingerprint density at radius 3 is 2.85 bits per heavy atom. The molecule has 0 aliphatic carbocycles. The van der Waals surface area contributed by atoms with Crippen molar-refractivity contribution in [2.75, 3.05) is 13.1 Å². The summed E-state index contributed by atoms with van der Waals surface area (Å²) in [6.45, 7) is 2.45. The highest BCUT2D eigenvalue weighted by Crippen LogP contribution is 2.15. The molecule has 20 heavy (non-hydrogen) atoms. The molecule has 0 spiro atoms. The lowest BCUT2D eigenvalue weighted by atomic mass is 10.1. The number of aromatic nitrogens is 3. The van der Waals surface area contributed by atoms with Crippen LogP contribution in [0.25, 0.3) is 5.69 Å². The summed E-state index contributed by atoms with van der Waals surface area (Å²) in [6, 6.07) is 7.48. The fourth-order valence-electron chi connectivity index (χ4n) is 2.49. The highest BCUT2D eigenvalue weighted by Gasteiger charge is 2.18. The van der Waals surface area contributed by atoms with Gasteiger partial charge in [0.1, 0.15) is 0 Å². The Kier molecular flexibility index (Phi) is 4.00. The molecule has 0 saturated carbocycles. The van der Waals surface area contributed by atoms with Crippen LogP contribution < -0.4 is 0 Å². The monoisotopic (exact) mass is 292 g/mol. The van der Waals surface area contributed by atoms with Crippen LogP contribution in [-0.4, -0.2) is 44.2 Å². The van der Waals surface area contributed by atoms with E-state index in [1.54, 1.807) is 4.68 Å². The van der Waals surface area contributed by atoms with Gasteiger partial charge in [-0.1, -0.05) is 16.8 Å². The highest BCUT2D eigenvalue weighted by molar-refractivity contribution is 6.30. The second-order valence-electron chi connectivity index (χ2n) is 5.16. The molecule has 1 N–H and O–H groups in total. The van der Waals surface area contributed by atoms with Crippen molar-refractivity contribution in [3.63, 3.8) is 0 Å². The summed E-state index contributed by atoms with van der Waals surface area (Å²) in [5.41, 5.74) is 1.85. The van der Waals surface area contributed by atoms with Crippen LogP contribution in [0, 0.1) is 0 Å². The number of aliphatic hydroxyl groups is 1. The maximum atomic E-state index is 9.67. The molecule has 1 fully saturated rings. The van der Waals surface area contributed by atoms with Crippen molar-refractivity contribution in [3.8, 4) is 5.69 Å². The van der Waals surface area contributed by atoms with E-state index in [0.717, 1.165) is 37.3 Å². The number of hydrogen-bond acceptors (Lipinski definition) is 4. The number of benzene rings is 1. The Balaban J connectivity index is 1.69. The molecule has 1 aromatic heterocycles. The minimum atomic E-state index is -0.213. The largest absolute Gasteiger partial charge is 0.392 e. The van der Waals surface area contributed by atoms with Gasteiger partial charge in [0.25, 0.3) is 0 Å². The van der Waals surface area contributed by atoms with Crippen molar-refractivity contribution in [1.82, 2.24) is 19.9 Å². The quantitative estimate of drug-likeness (QED) is 0.938. The van der Waals surface area contributed by atoms with Gasteiger partial charge in [-0.2, -0.15) is 0 Å². The fraction of sp³-hybridized carbons (Fsp3) is 0.429. The van der Waals surface area contributed by atoms with Crippen LogP contribution in [-0.2, 0) is 6.54 Å². The molecule has 0 radical (unpaired) electrons. The van der Waals surface area contributed by atoms with Crippen LogP contribution in [0.5, 0.6) is 0 Å². The van der Waals surface area contributed by atoms with Crippen LogP contribution in [0.1, 0.15) is 18.5 Å². The van der Waals surface area contributed by atoms with E-state index in [2.05, 4.69) is 15.2 Å². The minimum absolute atomic E-state index is 0.213. The number of β-amino-alcohol motifs (C(OH)–C–C–N with tert-alkyl or cyclic N) is 1. The second-order valence-corrected chi connectivity index (χ2v) is 5.60. The molecule has 1 aromatic carbocycles. The zero-order valence-corrected chi connectivity index (χ0v) is 11.9. The van der Waals surface area contributed by atoms with E-state index in [0.29, 0.717) is 11.6 Å². The molecule has 6 heteroatoms. The predicted molar refractivity (Wildman–Crippen MR) is 76.9 cm³/mol. The molecule has 5 nitrogen and oxygen atoms in total. The summed E-state index contributed by atoms with van der Waals surface area (Å²) in [4.78, 5) is 2.21. The molecule has 1 atom stereocenters. The Morgan fingerprint density at radius 1 is 1.30 bits per heavy atom. The van der Waals surface area contributed by atoms with E-state index in [1.165, 1.54) is 0 Å². The molecule has 2 heterocycles. The summed E-state index contributed by atoms with van der Waals surface area (Å²) in [6.07, 6.45) is 3.64. The summed E-state index contributed by atoms with van der Waals surface area (Å²) >= 11 is 5.87. The lowest BCUT2D eigenvalue weighted by Crippen LogP contribution is -2.37. The number of nitrogens with zero attached hydrogens (tertiary/aromatic N) is 4. The third-order valence-electron chi connectivity index (χ3n) is 3.50. The third kappa shape index (κ3) is 3.17. The van der Waals surface area contributed by atoms with E-state index in [9.17, 15) is 5.11 Å². The van der Waals surface area contributed by atoms with E-state index in [-0.39, 0.29) is 6.10 Å². The summed E-state index contributed by atoms with van der Waals surface area (Å²) < 4.78 is 1.74. The Bertz CT molecular complexity index is 569. The summed E-state index contributed by atoms with van der Waals surface area (Å²) in [7, 11) is 0. The SMILES string of the molecule is OC1CCCN(Cc2cn(-c3ccc(Cl)cc3)nn2)C1. The normalized spacial score (nSPS) is 20.2. The molecule has 106 valence electrons. The van der Waals surface area contributed by atoms with Crippen molar-refractivity contribution in [1.29, 1.82) is 0 Å². The van der Waals surface area contributed by atoms with E-state index in [4.69, 9.17) is 11.6 Å². The van der Waals surface area contributed by atoms with Crippen molar-refractivity contribution in [2.24, 2.45) is 0 Å². The first-order chi connectivity index (χ1) is 9.70. The van der Waals surface area contributed by atoms with Gasteiger partial charge in [-0.25, -0.2) is 4.68 Å². The maximum Gasteiger partial charge on any atom is 0.0971 e. The topological polar surface area (TPSA) is 54.2 Å². The third-order valence-corrected chi connectivity index (χ3v) is 3.75. The smallest absolute Gasteiger partial charge is 0.0971 e. The van der Waals surface area contributed by atoms with Gasteiger partial charge in [0.15, 0.2) is 0 Å². The number of likely N-dealkylation sites (tertiary alicyclic amines) is 1. The first kappa shape index (κ1) is 13.5. The van der Waals surface area contributed by atoms with Crippen LogP contribution in [0.2, 0.25) is 5.02 Å². The van der Waals surface area contributed by atoms with Gasteiger partial charge in [-0.3, -0.25) is 4.90 Å². The lowest BCUT2D eigenvalue weighted by molar-refractivity contribution is 0.0662. The van der Waals surface area contributed by atoms with Crippen molar-refractivity contribution < 1.29 is 5.11 Å². The number of aliphatic hydroxyl groups excluding tert-OH is 1. The molecule has 1 aliphatic rings. The first-order valence-electron chi connectivity index (χ1n) is 6.78. The molecule has 1 unspecified atom stereocenters. The van der Waals surface area contributed by atoms with E-state index < -0.39 is 0 Å². The van der Waals surface area contributed by atoms with Crippen LogP contribution in [0.4, 0.5) is 0 Å². The average Bonchev–Trinajstić information content (AvgIpc) is 2.88. The zero-order chi connectivity index (χ0) is 13.9. The molecule has 1 saturated heterocycles. The summed E-state index contributed by atoms with van der Waals surface area (Å²) in [5, 5.41) is 18.7. The van der Waals surface area contributed by atoms with Gasteiger partial charge in [-0.05, 0) is 43.7 Å². The lowest BCUT2D eigenvalue weighted by Gasteiger charge is -2.28. The molecular formula is C14H17ClN4O. The Labute approximate surface area is 122 Å². The number of hydrogen-bond donors (Lipinski definition) is 1. The second kappa shape index (κ2) is 5.91. The highest BCUT2D eigenvalue weighted by atomic mass is 35.5. The van der Waals surface area contributed by atoms with E-state index in [1.807, 2.05) is 30.5 Å². The van der Waals surface area contributed by atoms with Crippen molar-refractivity contribution in [3.05, 3.63) is 41.2 Å². The van der Waals surface area contributed by atoms with Gasteiger partial charge in [0, 0.05) is 18.1 Å². The van der Waals surface area contributed by atoms with Gasteiger partial charge in [-0.15, -0.1) is 5.10 Å². The van der Waals surface area contributed by atoms with Crippen molar-refractivity contribution >= 4 is 11.6 Å². The van der Waals surface area contributed by atoms with Crippen LogP contribution in [0.3, 0.4) is 0 Å². The van der Waals surface area contributed by atoms with Crippen LogP contribution in [0.15, 0.2) is 30.5 Å². The molecule has 3 rings (SSSR count). The molecular weight excluding hydrogens is 276 g/mol. The first-order valence-corrected chi connectivity index (χ1v) is 7.16.